The number of carbonyl (C=O) groups is 2. The molecule has 0 saturated carbocycles. The summed E-state index contributed by atoms with van der Waals surface area (Å²) < 4.78 is 23.0. The van der Waals surface area contributed by atoms with Crippen molar-refractivity contribution in [1.82, 2.24) is 4.98 Å². The van der Waals surface area contributed by atoms with Crippen molar-refractivity contribution < 1.29 is 23.1 Å². The maximum Gasteiger partial charge on any atom is 0.405 e. The molecule has 0 aliphatic heterocycles. The number of ketones is 1. The number of rotatable bonds is 5. The van der Waals surface area contributed by atoms with Crippen molar-refractivity contribution in [3.63, 3.8) is 0 Å². The highest BCUT2D eigenvalue weighted by Gasteiger charge is 2.27. The molecule has 2 aromatic rings. The van der Waals surface area contributed by atoms with Crippen LogP contribution in [0.2, 0.25) is 0 Å². The van der Waals surface area contributed by atoms with Crippen LogP contribution >= 0.6 is 0 Å². The molecular formula is C13H13FN2O4. The van der Waals surface area contributed by atoms with Crippen LogP contribution in [0.4, 0.5) is 9.18 Å². The van der Waals surface area contributed by atoms with Gasteiger partial charge in [-0.2, -0.15) is 0 Å². The zero-order valence-corrected chi connectivity index (χ0v) is 10.8. The van der Waals surface area contributed by atoms with Crippen LogP contribution in [0, 0.1) is 5.82 Å². The smallest absolute Gasteiger partial charge is 0.405 e. The van der Waals surface area contributed by atoms with Crippen molar-refractivity contribution in [3.05, 3.63) is 29.9 Å². The summed E-state index contributed by atoms with van der Waals surface area (Å²) >= 11 is 0. The average molecular weight is 280 g/mol. The Hall–Kier alpha value is -2.44. The second-order valence-electron chi connectivity index (χ2n) is 4.21. The molecular weight excluding hydrogens is 267 g/mol. The molecule has 1 atom stereocenters. The number of nitrogens with zero attached hydrogens (tertiary/aromatic N) is 1. The van der Waals surface area contributed by atoms with E-state index in [-0.39, 0.29) is 17.0 Å². The van der Waals surface area contributed by atoms with Gasteiger partial charge in [-0.25, -0.2) is 14.2 Å². The van der Waals surface area contributed by atoms with Crippen molar-refractivity contribution in [1.29, 1.82) is 0 Å². The summed E-state index contributed by atoms with van der Waals surface area (Å²) in [5.74, 6) is -1.31. The number of hydrogen-bond donors (Lipinski definition) is 1. The Kier molecular flexibility index (Phi) is 3.97. The van der Waals surface area contributed by atoms with E-state index in [9.17, 15) is 14.0 Å². The van der Waals surface area contributed by atoms with Gasteiger partial charge in [0.15, 0.2) is 11.7 Å². The lowest BCUT2D eigenvalue weighted by molar-refractivity contribution is 0.0603. The fourth-order valence-electron chi connectivity index (χ4n) is 1.79. The minimum absolute atomic E-state index is 0.225. The van der Waals surface area contributed by atoms with Crippen molar-refractivity contribution in [3.8, 4) is 0 Å². The van der Waals surface area contributed by atoms with Crippen LogP contribution in [-0.2, 0) is 4.74 Å². The number of oxazole rings is 1. The van der Waals surface area contributed by atoms with Crippen LogP contribution in [0.3, 0.4) is 0 Å². The zero-order chi connectivity index (χ0) is 14.7. The Morgan fingerprint density at radius 2 is 2.25 bits per heavy atom. The van der Waals surface area contributed by atoms with E-state index in [1.807, 2.05) is 6.92 Å². The van der Waals surface area contributed by atoms with E-state index in [0.29, 0.717) is 12.8 Å². The first-order chi connectivity index (χ1) is 9.51. The number of halogens is 1. The second kappa shape index (κ2) is 5.68. The molecule has 1 heterocycles. The molecule has 0 saturated heterocycles. The van der Waals surface area contributed by atoms with Gasteiger partial charge in [0.2, 0.25) is 0 Å². The lowest BCUT2D eigenvalue weighted by Gasteiger charge is -2.12. The number of primary amides is 1. The summed E-state index contributed by atoms with van der Waals surface area (Å²) in [6.07, 6.45) is -1.18. The third-order valence-corrected chi connectivity index (χ3v) is 2.66. The predicted octanol–water partition coefficient (Wildman–Crippen LogP) is 2.41. The number of ether oxygens (including phenoxy) is 1. The van der Waals surface area contributed by atoms with Gasteiger partial charge in [0.05, 0.1) is 0 Å². The first-order valence-electron chi connectivity index (χ1n) is 6.07. The zero-order valence-electron chi connectivity index (χ0n) is 10.8. The lowest BCUT2D eigenvalue weighted by Crippen LogP contribution is -2.30. The molecule has 2 N–H and O–H groups in total. The van der Waals surface area contributed by atoms with Crippen molar-refractivity contribution in [2.75, 3.05) is 0 Å². The maximum atomic E-state index is 13.0. The summed E-state index contributed by atoms with van der Waals surface area (Å²) in [7, 11) is 0. The highest BCUT2D eigenvalue weighted by molar-refractivity contribution is 5.98. The molecule has 7 heteroatoms. The Morgan fingerprint density at radius 3 is 2.90 bits per heavy atom. The van der Waals surface area contributed by atoms with Crippen LogP contribution in [-0.4, -0.2) is 23.0 Å². The fraction of sp³-hybridized carbons (Fsp3) is 0.308. The summed E-state index contributed by atoms with van der Waals surface area (Å²) in [5, 5.41) is 0. The van der Waals surface area contributed by atoms with E-state index in [1.165, 1.54) is 12.1 Å². The largest absolute Gasteiger partial charge is 0.438 e. The number of amides is 1. The van der Waals surface area contributed by atoms with Gasteiger partial charge in [-0.1, -0.05) is 13.3 Å². The van der Waals surface area contributed by atoms with Gasteiger partial charge in [0.1, 0.15) is 11.3 Å². The second-order valence-corrected chi connectivity index (χ2v) is 4.21. The van der Waals surface area contributed by atoms with Crippen LogP contribution in [0.25, 0.3) is 11.1 Å². The Morgan fingerprint density at radius 1 is 1.50 bits per heavy atom. The number of aromatic nitrogens is 1. The third-order valence-electron chi connectivity index (χ3n) is 2.66. The van der Waals surface area contributed by atoms with Crippen LogP contribution in [0.5, 0.6) is 0 Å². The molecule has 106 valence electrons. The van der Waals surface area contributed by atoms with Crippen molar-refractivity contribution >= 4 is 23.0 Å². The molecule has 0 unspecified atom stereocenters. The SMILES string of the molecule is CCC[C@H](OC(N)=O)C(=O)c1nc2cc(F)ccc2o1. The van der Waals surface area contributed by atoms with Crippen LogP contribution in [0.15, 0.2) is 22.6 Å². The predicted molar refractivity (Wildman–Crippen MR) is 67.7 cm³/mol. The average Bonchev–Trinajstić information content (AvgIpc) is 2.79. The Labute approximate surface area is 113 Å². The molecule has 2 rings (SSSR count). The summed E-state index contributed by atoms with van der Waals surface area (Å²) in [5.41, 5.74) is 5.43. The normalized spacial score (nSPS) is 12.3. The van der Waals surface area contributed by atoms with E-state index in [2.05, 4.69) is 4.98 Å². The van der Waals surface area contributed by atoms with E-state index in [4.69, 9.17) is 14.9 Å². The van der Waals surface area contributed by atoms with Gasteiger partial charge < -0.3 is 14.9 Å². The standard InChI is InChI=1S/C13H13FN2O4/c1-2-3-10(20-13(15)18)11(17)12-16-8-6-7(14)4-5-9(8)19-12/h4-6,10H,2-3H2,1H3,(H2,15,18)/t10-/m0/s1. The highest BCUT2D eigenvalue weighted by atomic mass is 19.1. The highest BCUT2D eigenvalue weighted by Crippen LogP contribution is 2.19. The first-order valence-corrected chi connectivity index (χ1v) is 6.07. The quantitative estimate of drug-likeness (QED) is 0.848. The Balaban J connectivity index is 2.30. The van der Waals surface area contributed by atoms with E-state index in [0.717, 1.165) is 6.07 Å². The van der Waals surface area contributed by atoms with Gasteiger partial charge in [-0.05, 0) is 18.6 Å². The minimum Gasteiger partial charge on any atom is -0.438 e. The summed E-state index contributed by atoms with van der Waals surface area (Å²) in [6.45, 7) is 1.83. The van der Waals surface area contributed by atoms with Crippen LogP contribution in [0.1, 0.15) is 30.5 Å². The lowest BCUT2D eigenvalue weighted by atomic mass is 10.1. The number of nitrogens with two attached hydrogens (primary N) is 1. The topological polar surface area (TPSA) is 95.4 Å². The first kappa shape index (κ1) is 14.0. The molecule has 0 bridgehead atoms. The number of hydrogen-bond acceptors (Lipinski definition) is 5. The van der Waals surface area contributed by atoms with E-state index in [1.54, 1.807) is 0 Å². The van der Waals surface area contributed by atoms with Gasteiger partial charge in [-0.15, -0.1) is 0 Å². The molecule has 0 spiro atoms. The maximum absolute atomic E-state index is 13.0. The summed E-state index contributed by atoms with van der Waals surface area (Å²) in [6, 6.07) is 3.73. The Bertz CT molecular complexity index is 653. The molecule has 1 aromatic heterocycles. The van der Waals surface area contributed by atoms with Gasteiger partial charge in [-0.3, -0.25) is 4.79 Å². The van der Waals surface area contributed by atoms with Crippen molar-refractivity contribution in [2.45, 2.75) is 25.9 Å². The monoisotopic (exact) mass is 280 g/mol. The molecule has 0 aliphatic rings. The third kappa shape index (κ3) is 2.93. The molecule has 0 radical (unpaired) electrons. The number of fused-ring (bicyclic) bond motifs is 1. The minimum atomic E-state index is -1.05. The fourth-order valence-corrected chi connectivity index (χ4v) is 1.79. The molecule has 0 aliphatic carbocycles. The molecule has 6 nitrogen and oxygen atoms in total. The van der Waals surface area contributed by atoms with Gasteiger partial charge in [0, 0.05) is 6.07 Å². The van der Waals surface area contributed by atoms with Gasteiger partial charge >= 0.3 is 6.09 Å². The summed E-state index contributed by atoms with van der Waals surface area (Å²) in [4.78, 5) is 26.8. The number of benzene rings is 1. The molecule has 1 aromatic carbocycles. The molecule has 0 fully saturated rings. The molecule has 20 heavy (non-hydrogen) atoms. The number of carbonyl (C=O) groups excluding carboxylic acids is 2. The molecule has 1 amide bonds. The number of Topliss-reactive ketones (excluding diaryl/α,β-unsaturated/α-hetero) is 1. The van der Waals surface area contributed by atoms with E-state index < -0.39 is 23.8 Å². The van der Waals surface area contributed by atoms with Crippen LogP contribution < -0.4 is 5.73 Å². The van der Waals surface area contributed by atoms with Crippen molar-refractivity contribution in [2.24, 2.45) is 5.73 Å². The van der Waals surface area contributed by atoms with E-state index >= 15 is 0 Å². The van der Waals surface area contributed by atoms with Gasteiger partial charge in [0.25, 0.3) is 11.7 Å².